The summed E-state index contributed by atoms with van der Waals surface area (Å²) in [6.45, 7) is -0.286. The molecule has 0 rings (SSSR count). The number of hydrogen-bond acceptors (Lipinski definition) is 12. The van der Waals surface area contributed by atoms with E-state index >= 15 is 0 Å². The number of nitrogens with one attached hydrogen (secondary N) is 1. The van der Waals surface area contributed by atoms with Crippen molar-refractivity contribution in [2.45, 2.75) is 0 Å². The van der Waals surface area contributed by atoms with Gasteiger partial charge in [0.05, 0.1) is 39.3 Å². The molecule has 40 heavy (non-hydrogen) atoms. The number of hydrogen-bond donors (Lipinski definition) is 9. The highest BCUT2D eigenvalue weighted by molar-refractivity contribution is 5.74. The molecule has 0 atom stereocenters. The second kappa shape index (κ2) is 23.3. The van der Waals surface area contributed by atoms with Gasteiger partial charge >= 0.3 is 47.8 Å². The van der Waals surface area contributed by atoms with Crippen LogP contribution < -0.4 is 5.32 Å². The molecule has 0 aliphatic heterocycles. The highest BCUT2D eigenvalue weighted by atomic mass is 16.4. The van der Waals surface area contributed by atoms with Crippen LogP contribution in [0.5, 0.6) is 0 Å². The zero-order valence-corrected chi connectivity index (χ0v) is 21.0. The molecular formula is C20H32N4O16. The fraction of sp³-hybridized carbons (Fsp3) is 0.500. The zero-order chi connectivity index (χ0) is 31.8. The van der Waals surface area contributed by atoms with E-state index in [4.69, 9.17) is 40.9 Å². The maximum Gasteiger partial charge on any atom is 0.323 e. The second-order valence-electron chi connectivity index (χ2n) is 7.26. The number of carboxylic acid groups (broad SMARTS) is 8. The predicted molar refractivity (Wildman–Crippen MR) is 129 cm³/mol. The van der Waals surface area contributed by atoms with Crippen LogP contribution in [-0.4, -0.2) is 169 Å². The molecule has 0 aromatic carbocycles. The molecule has 0 aromatic rings. The van der Waals surface area contributed by atoms with Crippen molar-refractivity contribution >= 4 is 47.8 Å². The Morgan fingerprint density at radius 3 is 0.900 bits per heavy atom. The first-order valence-corrected chi connectivity index (χ1v) is 10.7. The van der Waals surface area contributed by atoms with Gasteiger partial charge in [0.15, 0.2) is 0 Å². The lowest BCUT2D eigenvalue weighted by molar-refractivity contribution is -0.145. The number of rotatable bonds is 20. The smallest absolute Gasteiger partial charge is 0.323 e. The van der Waals surface area contributed by atoms with E-state index < -0.39 is 73.9 Å². The minimum Gasteiger partial charge on any atom is -0.480 e. The molecule has 0 spiro atoms. The summed E-state index contributed by atoms with van der Waals surface area (Å²) in [6, 6.07) is 0. The van der Waals surface area contributed by atoms with E-state index in [0.29, 0.717) is 0 Å². The summed E-state index contributed by atoms with van der Waals surface area (Å²) in [5, 5.41) is 69.1. The summed E-state index contributed by atoms with van der Waals surface area (Å²) in [4.78, 5) is 85.0. The molecular weight excluding hydrogens is 552 g/mol. The van der Waals surface area contributed by atoms with Crippen molar-refractivity contribution in [1.29, 1.82) is 0 Å². The summed E-state index contributed by atoms with van der Waals surface area (Å²) >= 11 is 0. The van der Waals surface area contributed by atoms with Crippen LogP contribution in [-0.2, 0) is 38.4 Å². The minimum atomic E-state index is -1.23. The SMILES string of the molecule is C=CN(CC(=O)O)CC(=O)O.O=C(O)CN(CCN(CC(=O)O)CC(=O)O)CC(=O)O.O=C(O)CNCC(=O)O. The number of carboxylic acids is 8. The van der Waals surface area contributed by atoms with Gasteiger partial charge < -0.3 is 45.8 Å². The van der Waals surface area contributed by atoms with Crippen LogP contribution in [0.4, 0.5) is 0 Å². The van der Waals surface area contributed by atoms with Crippen LogP contribution in [0.3, 0.4) is 0 Å². The van der Waals surface area contributed by atoms with E-state index in [-0.39, 0.29) is 39.3 Å². The number of carbonyl (C=O) groups is 8. The van der Waals surface area contributed by atoms with Crippen molar-refractivity contribution in [3.05, 3.63) is 12.8 Å². The molecule has 20 heteroatoms. The monoisotopic (exact) mass is 584 g/mol. The van der Waals surface area contributed by atoms with Crippen LogP contribution in [0.15, 0.2) is 12.8 Å². The quantitative estimate of drug-likeness (QED) is 0.0664. The zero-order valence-electron chi connectivity index (χ0n) is 21.0. The van der Waals surface area contributed by atoms with Crippen molar-refractivity contribution in [2.24, 2.45) is 0 Å². The molecule has 0 aromatic heterocycles. The van der Waals surface area contributed by atoms with Crippen molar-refractivity contribution < 1.29 is 79.2 Å². The van der Waals surface area contributed by atoms with Crippen molar-refractivity contribution in [2.75, 3.05) is 65.4 Å². The standard InChI is InChI=1S/C10H16N2O8.C6H9NO4.C4H7NO4/c13-7(14)3-11(4-8(15)16)1-2-12(5-9(17)18)6-10(19)20;1-2-7(3-5(8)9)4-6(10)11;6-3(7)1-5-2-4(8)9/h1-6H2,(H,13,14)(H,15,16)(H,17,18)(H,19,20);2H,1,3-4H2,(H,8,9)(H,10,11);5H,1-2H2,(H,6,7)(H,8,9). The first-order valence-electron chi connectivity index (χ1n) is 10.7. The third-order valence-corrected chi connectivity index (χ3v) is 3.66. The van der Waals surface area contributed by atoms with Gasteiger partial charge in [-0.2, -0.15) is 0 Å². The van der Waals surface area contributed by atoms with Crippen LogP contribution in [0, 0.1) is 0 Å². The predicted octanol–water partition coefficient (Wildman–Crippen LogP) is -3.72. The Kier molecular flexibility index (Phi) is 23.1. The van der Waals surface area contributed by atoms with E-state index in [1.165, 1.54) is 6.20 Å². The van der Waals surface area contributed by atoms with Gasteiger partial charge in [-0.15, -0.1) is 0 Å². The normalized spacial score (nSPS) is 9.75. The molecule has 0 saturated carbocycles. The number of nitrogens with zero attached hydrogens (tertiary/aromatic N) is 3. The molecule has 9 N–H and O–H groups in total. The molecule has 0 amide bonds. The Morgan fingerprint density at radius 1 is 0.475 bits per heavy atom. The lowest BCUT2D eigenvalue weighted by atomic mass is 10.4. The number of aliphatic carboxylic acids is 8. The van der Waals surface area contributed by atoms with Crippen LogP contribution in [0.25, 0.3) is 0 Å². The van der Waals surface area contributed by atoms with Crippen molar-refractivity contribution in [1.82, 2.24) is 20.0 Å². The van der Waals surface area contributed by atoms with E-state index in [1.54, 1.807) is 0 Å². The molecule has 228 valence electrons. The molecule has 0 unspecified atom stereocenters. The highest BCUT2D eigenvalue weighted by Crippen LogP contribution is 1.94. The third-order valence-electron chi connectivity index (χ3n) is 3.66. The van der Waals surface area contributed by atoms with E-state index in [1.807, 2.05) is 0 Å². The van der Waals surface area contributed by atoms with Gasteiger partial charge in [0, 0.05) is 13.1 Å². The van der Waals surface area contributed by atoms with E-state index in [2.05, 4.69) is 11.9 Å². The average Bonchev–Trinajstić information content (AvgIpc) is 2.75. The Bertz CT molecular complexity index is 796. The van der Waals surface area contributed by atoms with Gasteiger partial charge in [0.1, 0.15) is 13.1 Å². The molecule has 0 fully saturated rings. The first-order chi connectivity index (χ1) is 18.4. The van der Waals surface area contributed by atoms with Gasteiger partial charge in [-0.1, -0.05) is 6.58 Å². The van der Waals surface area contributed by atoms with Gasteiger partial charge in [-0.25, -0.2) is 0 Å². The third kappa shape index (κ3) is 33.2. The summed E-state index contributed by atoms with van der Waals surface area (Å²) in [5.74, 6) is -9.18. The van der Waals surface area contributed by atoms with Crippen molar-refractivity contribution in [3.63, 3.8) is 0 Å². The second-order valence-corrected chi connectivity index (χ2v) is 7.26. The van der Waals surface area contributed by atoms with Crippen LogP contribution in [0.1, 0.15) is 0 Å². The molecule has 0 aliphatic rings. The topological polar surface area (TPSA) is 320 Å². The van der Waals surface area contributed by atoms with Gasteiger partial charge in [-0.05, 0) is 6.20 Å². The first kappa shape index (κ1) is 39.7. The Labute approximate surface area is 225 Å². The molecule has 20 nitrogen and oxygen atoms in total. The molecule has 0 bridgehead atoms. The lowest BCUT2D eigenvalue weighted by Gasteiger charge is -2.23. The summed E-state index contributed by atoms with van der Waals surface area (Å²) in [5.41, 5.74) is 0. The van der Waals surface area contributed by atoms with Gasteiger partial charge in [0.25, 0.3) is 0 Å². The Balaban J connectivity index is -0.000000575. The lowest BCUT2D eigenvalue weighted by Crippen LogP contribution is -2.43. The van der Waals surface area contributed by atoms with E-state index in [9.17, 15) is 38.4 Å². The molecule has 0 heterocycles. The van der Waals surface area contributed by atoms with E-state index in [0.717, 1.165) is 14.7 Å². The molecule has 0 radical (unpaired) electrons. The highest BCUT2D eigenvalue weighted by Gasteiger charge is 2.18. The molecule has 0 aliphatic carbocycles. The molecule has 0 saturated heterocycles. The minimum absolute atomic E-state index is 0.0703. The van der Waals surface area contributed by atoms with Crippen LogP contribution >= 0.6 is 0 Å². The Hall–Kier alpha value is -4.82. The Morgan fingerprint density at radius 2 is 0.725 bits per heavy atom. The summed E-state index contributed by atoms with van der Waals surface area (Å²) in [7, 11) is 0. The maximum atomic E-state index is 10.6. The summed E-state index contributed by atoms with van der Waals surface area (Å²) in [6.07, 6.45) is 1.18. The fourth-order valence-corrected chi connectivity index (χ4v) is 2.28. The van der Waals surface area contributed by atoms with Crippen molar-refractivity contribution in [3.8, 4) is 0 Å². The van der Waals surface area contributed by atoms with Gasteiger partial charge in [-0.3, -0.25) is 53.5 Å². The average molecular weight is 584 g/mol. The largest absolute Gasteiger partial charge is 0.480 e. The van der Waals surface area contributed by atoms with Crippen LogP contribution in [0.2, 0.25) is 0 Å². The van der Waals surface area contributed by atoms with Gasteiger partial charge in [0.2, 0.25) is 0 Å². The fourth-order valence-electron chi connectivity index (χ4n) is 2.28. The maximum absolute atomic E-state index is 10.6. The summed E-state index contributed by atoms with van der Waals surface area (Å²) < 4.78 is 0.